The molecule has 1 heterocycles. The van der Waals surface area contributed by atoms with Crippen molar-refractivity contribution >= 4 is 5.97 Å². The van der Waals surface area contributed by atoms with E-state index in [-0.39, 0.29) is 0 Å². The fraction of sp³-hybridized carbons (Fsp3) is 0.700. The highest BCUT2D eigenvalue weighted by Crippen LogP contribution is 2.29. The predicted octanol–water partition coefficient (Wildman–Crippen LogP) is 1.36. The Balaban J connectivity index is 2.82. The summed E-state index contributed by atoms with van der Waals surface area (Å²) in [5.74, 6) is -0.742. The average Bonchev–Trinajstić information content (AvgIpc) is 2.04. The first-order valence-corrected chi connectivity index (χ1v) is 4.56. The van der Waals surface area contributed by atoms with Gasteiger partial charge < -0.3 is 10.0 Å². The zero-order valence-corrected chi connectivity index (χ0v) is 8.50. The fourth-order valence-corrected chi connectivity index (χ4v) is 1.48. The van der Waals surface area contributed by atoms with Crippen molar-refractivity contribution in [1.29, 1.82) is 0 Å². The molecule has 0 radical (unpaired) electrons. The van der Waals surface area contributed by atoms with Crippen molar-refractivity contribution in [3.63, 3.8) is 0 Å². The van der Waals surface area contributed by atoms with Crippen LogP contribution in [0, 0.1) is 5.41 Å². The van der Waals surface area contributed by atoms with Crippen LogP contribution in [0.1, 0.15) is 20.3 Å². The number of nitrogens with zero attached hydrogens (tertiary/aromatic N) is 1. The SMILES string of the molecule is CN1CCC=C(C(C)(C)C(=O)O)C1. The molecule has 0 bridgehead atoms. The zero-order chi connectivity index (χ0) is 10.1. The largest absolute Gasteiger partial charge is 0.481 e. The van der Waals surface area contributed by atoms with Gasteiger partial charge in [-0.1, -0.05) is 6.08 Å². The smallest absolute Gasteiger partial charge is 0.313 e. The van der Waals surface area contributed by atoms with Gasteiger partial charge in [0, 0.05) is 13.1 Å². The maximum absolute atomic E-state index is 11.0. The third kappa shape index (κ3) is 2.10. The van der Waals surface area contributed by atoms with Crippen LogP contribution in [0.5, 0.6) is 0 Å². The summed E-state index contributed by atoms with van der Waals surface area (Å²) in [5.41, 5.74) is 0.308. The number of hydrogen-bond donors (Lipinski definition) is 1. The Kier molecular flexibility index (Phi) is 2.76. The summed E-state index contributed by atoms with van der Waals surface area (Å²) in [4.78, 5) is 13.1. The lowest BCUT2D eigenvalue weighted by atomic mass is 9.82. The van der Waals surface area contributed by atoms with E-state index in [1.165, 1.54) is 0 Å². The van der Waals surface area contributed by atoms with Gasteiger partial charge in [-0.2, -0.15) is 0 Å². The van der Waals surface area contributed by atoms with Gasteiger partial charge in [0.05, 0.1) is 5.41 Å². The van der Waals surface area contributed by atoms with E-state index in [0.717, 1.165) is 25.1 Å². The van der Waals surface area contributed by atoms with Crippen LogP contribution in [0.25, 0.3) is 0 Å². The second-order valence-corrected chi connectivity index (χ2v) is 4.19. The number of hydrogen-bond acceptors (Lipinski definition) is 2. The monoisotopic (exact) mass is 183 g/mol. The third-order valence-corrected chi connectivity index (χ3v) is 2.68. The van der Waals surface area contributed by atoms with Crippen molar-refractivity contribution in [1.82, 2.24) is 4.90 Å². The Bertz CT molecular complexity index is 243. The molecule has 1 rings (SSSR count). The first-order chi connectivity index (χ1) is 5.94. The minimum Gasteiger partial charge on any atom is -0.481 e. The van der Waals surface area contributed by atoms with E-state index in [1.54, 1.807) is 13.8 Å². The number of carboxylic acids is 1. The van der Waals surface area contributed by atoms with Crippen LogP contribution >= 0.6 is 0 Å². The molecule has 0 atom stereocenters. The summed E-state index contributed by atoms with van der Waals surface area (Å²) in [7, 11) is 2.02. The van der Waals surface area contributed by atoms with E-state index in [9.17, 15) is 4.79 Å². The molecular weight excluding hydrogens is 166 g/mol. The van der Waals surface area contributed by atoms with Gasteiger partial charge in [-0.05, 0) is 32.9 Å². The Morgan fingerprint density at radius 1 is 1.62 bits per heavy atom. The molecule has 0 saturated carbocycles. The highest BCUT2D eigenvalue weighted by Gasteiger charge is 2.32. The maximum Gasteiger partial charge on any atom is 0.313 e. The molecular formula is C10H17NO2. The van der Waals surface area contributed by atoms with Gasteiger partial charge in [-0.25, -0.2) is 0 Å². The first kappa shape index (κ1) is 10.3. The van der Waals surface area contributed by atoms with Gasteiger partial charge in [0.15, 0.2) is 0 Å². The van der Waals surface area contributed by atoms with E-state index < -0.39 is 11.4 Å². The zero-order valence-electron chi connectivity index (χ0n) is 8.50. The summed E-state index contributed by atoms with van der Waals surface area (Å²) < 4.78 is 0. The molecule has 1 aliphatic rings. The number of aliphatic carboxylic acids is 1. The van der Waals surface area contributed by atoms with Crippen LogP contribution in [0.2, 0.25) is 0 Å². The molecule has 1 N–H and O–H groups in total. The number of likely N-dealkylation sites (N-methyl/N-ethyl adjacent to an activating group) is 1. The van der Waals surface area contributed by atoms with Crippen LogP contribution < -0.4 is 0 Å². The summed E-state index contributed by atoms with van der Waals surface area (Å²) in [5, 5.41) is 9.02. The minimum absolute atomic E-state index is 0.714. The lowest BCUT2D eigenvalue weighted by Gasteiger charge is -2.30. The number of rotatable bonds is 2. The van der Waals surface area contributed by atoms with Crippen molar-refractivity contribution in [2.75, 3.05) is 20.1 Å². The highest BCUT2D eigenvalue weighted by molar-refractivity contribution is 5.77. The van der Waals surface area contributed by atoms with Crippen LogP contribution in [0.15, 0.2) is 11.6 Å². The maximum atomic E-state index is 11.0. The number of carboxylic acid groups (broad SMARTS) is 1. The Labute approximate surface area is 79.0 Å². The van der Waals surface area contributed by atoms with Gasteiger partial charge in [-0.15, -0.1) is 0 Å². The lowest BCUT2D eigenvalue weighted by molar-refractivity contribution is -0.145. The van der Waals surface area contributed by atoms with Gasteiger partial charge in [0.25, 0.3) is 0 Å². The minimum atomic E-state index is -0.742. The molecule has 3 nitrogen and oxygen atoms in total. The fourth-order valence-electron chi connectivity index (χ4n) is 1.48. The number of carbonyl (C=O) groups is 1. The lowest BCUT2D eigenvalue weighted by Crippen LogP contribution is -2.35. The quantitative estimate of drug-likeness (QED) is 0.657. The summed E-state index contributed by atoms with van der Waals surface area (Å²) in [6, 6.07) is 0. The van der Waals surface area contributed by atoms with Crippen molar-refractivity contribution in [3.8, 4) is 0 Å². The van der Waals surface area contributed by atoms with Crippen molar-refractivity contribution in [2.45, 2.75) is 20.3 Å². The summed E-state index contributed by atoms with van der Waals surface area (Å²) in [6.45, 7) is 5.33. The normalized spacial score (nSPS) is 19.8. The standard InChI is InChI=1S/C10H17NO2/c1-10(2,9(12)13)8-5-4-6-11(3)7-8/h5H,4,6-7H2,1-3H3,(H,12,13). The van der Waals surface area contributed by atoms with E-state index in [4.69, 9.17) is 5.11 Å². The molecule has 1 aliphatic heterocycles. The van der Waals surface area contributed by atoms with Crippen molar-refractivity contribution in [3.05, 3.63) is 11.6 Å². The molecule has 0 fully saturated rings. The van der Waals surface area contributed by atoms with Crippen molar-refractivity contribution < 1.29 is 9.90 Å². The van der Waals surface area contributed by atoms with Gasteiger partial charge in [0.1, 0.15) is 0 Å². The summed E-state index contributed by atoms with van der Waals surface area (Å²) >= 11 is 0. The van der Waals surface area contributed by atoms with Crippen LogP contribution in [0.3, 0.4) is 0 Å². The molecule has 0 saturated heterocycles. The van der Waals surface area contributed by atoms with Crippen LogP contribution in [-0.4, -0.2) is 36.1 Å². The molecule has 0 aromatic heterocycles. The predicted molar refractivity (Wildman–Crippen MR) is 51.6 cm³/mol. The average molecular weight is 183 g/mol. The first-order valence-electron chi connectivity index (χ1n) is 4.56. The molecule has 13 heavy (non-hydrogen) atoms. The Hall–Kier alpha value is -0.830. The van der Waals surface area contributed by atoms with E-state index in [1.807, 2.05) is 7.05 Å². The van der Waals surface area contributed by atoms with E-state index >= 15 is 0 Å². The molecule has 74 valence electrons. The molecule has 0 aromatic carbocycles. The molecule has 0 spiro atoms. The van der Waals surface area contributed by atoms with Gasteiger partial charge >= 0.3 is 5.97 Å². The molecule has 0 aliphatic carbocycles. The van der Waals surface area contributed by atoms with Crippen molar-refractivity contribution in [2.24, 2.45) is 5.41 Å². The highest BCUT2D eigenvalue weighted by atomic mass is 16.4. The van der Waals surface area contributed by atoms with Crippen LogP contribution in [-0.2, 0) is 4.79 Å². The Morgan fingerprint density at radius 2 is 2.23 bits per heavy atom. The molecule has 3 heteroatoms. The topological polar surface area (TPSA) is 40.5 Å². The van der Waals surface area contributed by atoms with Gasteiger partial charge in [-0.3, -0.25) is 4.79 Å². The van der Waals surface area contributed by atoms with E-state index in [0.29, 0.717) is 0 Å². The van der Waals surface area contributed by atoms with Crippen LogP contribution in [0.4, 0.5) is 0 Å². The van der Waals surface area contributed by atoms with Gasteiger partial charge in [0.2, 0.25) is 0 Å². The molecule has 0 aromatic rings. The molecule has 0 amide bonds. The second-order valence-electron chi connectivity index (χ2n) is 4.19. The molecule has 0 unspecified atom stereocenters. The summed E-state index contributed by atoms with van der Waals surface area (Å²) in [6.07, 6.45) is 3.02. The third-order valence-electron chi connectivity index (χ3n) is 2.68. The van der Waals surface area contributed by atoms with E-state index in [2.05, 4.69) is 11.0 Å². The Morgan fingerprint density at radius 3 is 2.69 bits per heavy atom. The second kappa shape index (κ2) is 3.50.